The van der Waals surface area contributed by atoms with Crippen LogP contribution >= 0.6 is 0 Å². The van der Waals surface area contributed by atoms with Crippen LogP contribution in [-0.4, -0.2) is 0 Å². The summed E-state index contributed by atoms with van der Waals surface area (Å²) in [5, 5.41) is 0. The van der Waals surface area contributed by atoms with Crippen LogP contribution in [0.4, 0.5) is 17.1 Å². The lowest BCUT2D eigenvalue weighted by atomic mass is 9.79. The van der Waals surface area contributed by atoms with E-state index in [-0.39, 0.29) is 10.8 Å². The molecule has 1 nitrogen and oxygen atoms in total. The lowest BCUT2D eigenvalue weighted by Crippen LogP contribution is -2.16. The number of para-hydroxylation sites is 1. The molecule has 0 atom stereocenters. The summed E-state index contributed by atoms with van der Waals surface area (Å²) in [5.41, 5.74) is 26.3. The predicted octanol–water partition coefficient (Wildman–Crippen LogP) is 18.1. The van der Waals surface area contributed by atoms with Crippen LogP contribution in [0.5, 0.6) is 0 Å². The van der Waals surface area contributed by atoms with Crippen LogP contribution in [0.25, 0.3) is 77.9 Å². The zero-order valence-corrected chi connectivity index (χ0v) is 38.5. The Hall–Kier alpha value is -8.00. The van der Waals surface area contributed by atoms with Gasteiger partial charge in [0.1, 0.15) is 0 Å². The van der Waals surface area contributed by atoms with Gasteiger partial charge in [-0.15, -0.1) is 0 Å². The zero-order chi connectivity index (χ0) is 45.3. The van der Waals surface area contributed by atoms with Gasteiger partial charge in [-0.3, -0.25) is 0 Å². The normalized spacial score (nSPS) is 13.6. The number of benzene rings is 10. The molecule has 0 amide bonds. The molecule has 67 heavy (non-hydrogen) atoms. The van der Waals surface area contributed by atoms with Gasteiger partial charge in [-0.1, -0.05) is 228 Å². The van der Waals surface area contributed by atoms with E-state index in [1.165, 1.54) is 100 Å². The molecule has 0 unspecified atom stereocenters. The molecular weight excluding hydrogens is 807 g/mol. The second kappa shape index (κ2) is 15.9. The smallest absolute Gasteiger partial charge is 0.0540 e. The van der Waals surface area contributed by atoms with E-state index in [0.29, 0.717) is 0 Å². The first-order valence-electron chi connectivity index (χ1n) is 23.6. The largest absolute Gasteiger partial charge is 0.310 e. The highest BCUT2D eigenvalue weighted by Gasteiger charge is 2.38. The van der Waals surface area contributed by atoms with E-state index < -0.39 is 0 Å². The molecule has 0 aromatic heterocycles. The van der Waals surface area contributed by atoms with Gasteiger partial charge in [-0.2, -0.15) is 0 Å². The van der Waals surface area contributed by atoms with Crippen LogP contribution in [0.3, 0.4) is 0 Å². The van der Waals surface area contributed by atoms with E-state index in [1.807, 2.05) is 0 Å². The number of anilines is 3. The van der Waals surface area contributed by atoms with Crippen molar-refractivity contribution in [2.75, 3.05) is 4.90 Å². The quantitative estimate of drug-likeness (QED) is 0.147. The van der Waals surface area contributed by atoms with Crippen LogP contribution in [0.2, 0.25) is 0 Å². The first-order valence-corrected chi connectivity index (χ1v) is 23.6. The van der Waals surface area contributed by atoms with E-state index in [9.17, 15) is 0 Å². The monoisotopic (exact) mass is 857 g/mol. The summed E-state index contributed by atoms with van der Waals surface area (Å²) >= 11 is 0. The Morgan fingerprint density at radius 2 is 0.642 bits per heavy atom. The van der Waals surface area contributed by atoms with Crippen molar-refractivity contribution in [2.45, 2.75) is 38.5 Å². The number of rotatable bonds is 8. The highest BCUT2D eigenvalue weighted by Crippen LogP contribution is 2.53. The lowest BCUT2D eigenvalue weighted by Gasteiger charge is -2.29. The van der Waals surface area contributed by atoms with Gasteiger partial charge in [-0.25, -0.2) is 0 Å². The molecule has 0 spiro atoms. The van der Waals surface area contributed by atoms with Gasteiger partial charge in [0.25, 0.3) is 0 Å². The van der Waals surface area contributed by atoms with Gasteiger partial charge in [0.15, 0.2) is 0 Å². The summed E-state index contributed by atoms with van der Waals surface area (Å²) in [6.07, 6.45) is 0. The summed E-state index contributed by atoms with van der Waals surface area (Å²) in [5.74, 6) is 0. The summed E-state index contributed by atoms with van der Waals surface area (Å²) in [7, 11) is 0. The Bertz CT molecular complexity index is 3460. The van der Waals surface area contributed by atoms with Gasteiger partial charge in [0.05, 0.1) is 5.69 Å². The van der Waals surface area contributed by atoms with Crippen LogP contribution in [0.1, 0.15) is 49.9 Å². The Balaban J connectivity index is 0.926. The van der Waals surface area contributed by atoms with Crippen molar-refractivity contribution in [3.8, 4) is 77.9 Å². The Kier molecular flexibility index (Phi) is 9.59. The fourth-order valence-electron chi connectivity index (χ4n) is 11.2. The van der Waals surface area contributed by atoms with Crippen LogP contribution in [0, 0.1) is 0 Å². The molecule has 10 aromatic rings. The van der Waals surface area contributed by atoms with Crippen molar-refractivity contribution >= 4 is 17.1 Å². The third-order valence-electron chi connectivity index (χ3n) is 14.7. The number of fused-ring (bicyclic) bond motifs is 6. The van der Waals surface area contributed by atoms with Crippen molar-refractivity contribution in [3.63, 3.8) is 0 Å². The van der Waals surface area contributed by atoms with E-state index >= 15 is 0 Å². The van der Waals surface area contributed by atoms with Crippen LogP contribution in [0.15, 0.2) is 237 Å². The SMILES string of the molecule is CC1(C)c2ccccc2-c2ccc(-c3ccc(N(c4ccc(-c5cccc6c5C(C)(C)c5ccccc5-6)cc4)c4ccccc4-c4ccc(-c5ccc(-c6ccccc6)cc5)cc4)cc3)cc21. The third kappa shape index (κ3) is 6.76. The Labute approximate surface area is 395 Å². The molecule has 2 aliphatic rings. The van der Waals surface area contributed by atoms with Gasteiger partial charge >= 0.3 is 0 Å². The molecular formula is C66H51N. The minimum Gasteiger partial charge on any atom is -0.310 e. The van der Waals surface area contributed by atoms with E-state index in [1.54, 1.807) is 0 Å². The van der Waals surface area contributed by atoms with Crippen molar-refractivity contribution < 1.29 is 0 Å². The topological polar surface area (TPSA) is 3.24 Å². The second-order valence-electron chi connectivity index (χ2n) is 19.3. The standard InChI is InChI=1S/C66H51N/c1-65(2)60-22-11-8-18-56(60)58-42-37-51(43-62(58)65)48-33-38-52(39-34-48)67(53-40-35-50(36-41-53)55-20-14-21-59-57-19-9-12-23-61(57)66(3,4)64(55)59)63-24-13-10-17-54(63)49-31-29-47(30-32-49)46-27-25-45(26-28-46)44-15-6-5-7-16-44/h5-43H,1-4H3. The summed E-state index contributed by atoms with van der Waals surface area (Å²) in [6, 6.07) is 87.4. The van der Waals surface area contributed by atoms with Crippen molar-refractivity contribution in [1.29, 1.82) is 0 Å². The lowest BCUT2D eigenvalue weighted by molar-refractivity contribution is 0.660. The highest BCUT2D eigenvalue weighted by atomic mass is 15.1. The average molecular weight is 858 g/mol. The Morgan fingerprint density at radius 1 is 0.254 bits per heavy atom. The summed E-state index contributed by atoms with van der Waals surface area (Å²) in [6.45, 7) is 9.45. The highest BCUT2D eigenvalue weighted by molar-refractivity contribution is 5.92. The number of nitrogens with zero attached hydrogens (tertiary/aromatic N) is 1. The number of hydrogen-bond acceptors (Lipinski definition) is 1. The van der Waals surface area contributed by atoms with Gasteiger partial charge in [0.2, 0.25) is 0 Å². The average Bonchev–Trinajstić information content (AvgIpc) is 3.77. The summed E-state index contributed by atoms with van der Waals surface area (Å²) in [4.78, 5) is 2.43. The third-order valence-corrected chi connectivity index (χ3v) is 14.7. The maximum absolute atomic E-state index is 2.43. The molecule has 0 saturated carbocycles. The molecule has 0 fully saturated rings. The predicted molar refractivity (Wildman–Crippen MR) is 283 cm³/mol. The minimum absolute atomic E-state index is 0.0562. The molecule has 0 aliphatic heterocycles. The molecule has 0 radical (unpaired) electrons. The van der Waals surface area contributed by atoms with Crippen molar-refractivity contribution in [2.24, 2.45) is 0 Å². The van der Waals surface area contributed by atoms with Gasteiger partial charge in [0, 0.05) is 27.8 Å². The van der Waals surface area contributed by atoms with E-state index in [0.717, 1.165) is 17.1 Å². The van der Waals surface area contributed by atoms with Gasteiger partial charge < -0.3 is 4.90 Å². The first kappa shape index (κ1) is 40.5. The molecule has 320 valence electrons. The fourth-order valence-corrected chi connectivity index (χ4v) is 11.2. The molecule has 0 heterocycles. The van der Waals surface area contributed by atoms with Crippen molar-refractivity contribution in [3.05, 3.63) is 259 Å². The van der Waals surface area contributed by atoms with Gasteiger partial charge in [-0.05, 0) is 131 Å². The first-order chi connectivity index (χ1) is 32.7. The minimum atomic E-state index is -0.104. The molecule has 0 N–H and O–H groups in total. The molecule has 0 bridgehead atoms. The summed E-state index contributed by atoms with van der Waals surface area (Å²) < 4.78 is 0. The van der Waals surface area contributed by atoms with E-state index in [4.69, 9.17) is 0 Å². The van der Waals surface area contributed by atoms with E-state index in [2.05, 4.69) is 269 Å². The zero-order valence-electron chi connectivity index (χ0n) is 38.5. The molecule has 1 heteroatoms. The molecule has 12 rings (SSSR count). The number of hydrogen-bond donors (Lipinski definition) is 0. The molecule has 10 aromatic carbocycles. The molecule has 0 saturated heterocycles. The fraction of sp³-hybridized carbons (Fsp3) is 0.0909. The van der Waals surface area contributed by atoms with Crippen molar-refractivity contribution in [1.82, 2.24) is 0 Å². The maximum atomic E-state index is 2.43. The Morgan fingerprint density at radius 3 is 1.27 bits per heavy atom. The van der Waals surface area contributed by atoms with Crippen LogP contribution < -0.4 is 4.90 Å². The second-order valence-corrected chi connectivity index (χ2v) is 19.3. The van der Waals surface area contributed by atoms with Crippen LogP contribution in [-0.2, 0) is 10.8 Å². The maximum Gasteiger partial charge on any atom is 0.0540 e. The molecule has 2 aliphatic carbocycles.